The second-order valence-electron chi connectivity index (χ2n) is 11.0. The maximum Gasteiger partial charge on any atom is 0.0640 e. The first-order valence-corrected chi connectivity index (χ1v) is 9.96. The number of nitrogens with one attached hydrogen (secondary N) is 1. The van der Waals surface area contributed by atoms with Crippen LogP contribution in [0, 0.1) is 16.7 Å². The van der Waals surface area contributed by atoms with Gasteiger partial charge in [0, 0.05) is 5.54 Å². The highest BCUT2D eigenvalue weighted by atomic mass is 35.5. The van der Waals surface area contributed by atoms with Crippen molar-refractivity contribution in [1.82, 2.24) is 0 Å². The van der Waals surface area contributed by atoms with Gasteiger partial charge in [-0.3, -0.25) is 0 Å². The summed E-state index contributed by atoms with van der Waals surface area (Å²) >= 11 is 6.68. The number of halogens is 1. The van der Waals surface area contributed by atoms with E-state index in [1.165, 1.54) is 44.1 Å². The molecule has 4 bridgehead atoms. The van der Waals surface area contributed by atoms with Crippen molar-refractivity contribution in [2.24, 2.45) is 16.7 Å². The van der Waals surface area contributed by atoms with Crippen molar-refractivity contribution in [1.29, 1.82) is 0 Å². The number of benzene rings is 1. The van der Waals surface area contributed by atoms with Crippen LogP contribution in [0.4, 0.5) is 5.69 Å². The van der Waals surface area contributed by atoms with E-state index in [0.717, 1.165) is 16.6 Å². The molecule has 4 aliphatic carbocycles. The fourth-order valence-corrected chi connectivity index (χ4v) is 7.35. The maximum atomic E-state index is 6.68. The Labute approximate surface area is 152 Å². The molecule has 0 spiro atoms. The Morgan fingerprint density at radius 3 is 2.12 bits per heavy atom. The van der Waals surface area contributed by atoms with Gasteiger partial charge in [-0.25, -0.2) is 0 Å². The van der Waals surface area contributed by atoms with Crippen LogP contribution in [-0.4, -0.2) is 5.54 Å². The molecule has 0 aliphatic heterocycles. The number of anilines is 1. The van der Waals surface area contributed by atoms with Crippen LogP contribution in [0.1, 0.15) is 78.7 Å². The van der Waals surface area contributed by atoms with E-state index in [4.69, 9.17) is 11.6 Å². The summed E-state index contributed by atoms with van der Waals surface area (Å²) in [4.78, 5) is 0. The van der Waals surface area contributed by atoms with Gasteiger partial charge >= 0.3 is 0 Å². The lowest BCUT2D eigenvalue weighted by Crippen LogP contribution is -2.56. The highest BCUT2D eigenvalue weighted by Gasteiger charge is 2.60. The fraction of sp³-hybridized carbons (Fsp3) is 0.727. The summed E-state index contributed by atoms with van der Waals surface area (Å²) in [6, 6.07) is 6.85. The predicted octanol–water partition coefficient (Wildman–Crippen LogP) is 6.80. The molecular formula is C22H32ClN. The first kappa shape index (κ1) is 16.8. The molecule has 4 aliphatic rings. The Balaban J connectivity index is 1.70. The molecule has 0 radical (unpaired) electrons. The SMILES string of the molecule is CC12CC3CC(C)(C1)CC(c1ccc(NC(C)(C)C)c(Cl)c1)(C3)C2. The second kappa shape index (κ2) is 4.93. The van der Waals surface area contributed by atoms with Crippen LogP contribution >= 0.6 is 11.6 Å². The van der Waals surface area contributed by atoms with Crippen molar-refractivity contribution < 1.29 is 0 Å². The van der Waals surface area contributed by atoms with Crippen LogP contribution in [0.5, 0.6) is 0 Å². The van der Waals surface area contributed by atoms with E-state index in [1.54, 1.807) is 0 Å². The fourth-order valence-electron chi connectivity index (χ4n) is 7.12. The molecule has 2 unspecified atom stereocenters. The molecule has 2 atom stereocenters. The molecule has 5 rings (SSSR count). The van der Waals surface area contributed by atoms with E-state index >= 15 is 0 Å². The van der Waals surface area contributed by atoms with Gasteiger partial charge in [0.25, 0.3) is 0 Å². The van der Waals surface area contributed by atoms with Crippen molar-refractivity contribution in [3.63, 3.8) is 0 Å². The molecule has 2 heteroatoms. The van der Waals surface area contributed by atoms with Crippen molar-refractivity contribution in [3.05, 3.63) is 28.8 Å². The highest BCUT2D eigenvalue weighted by Crippen LogP contribution is 2.69. The monoisotopic (exact) mass is 345 g/mol. The lowest BCUT2D eigenvalue weighted by molar-refractivity contribution is -0.109. The molecule has 0 aromatic heterocycles. The Morgan fingerprint density at radius 2 is 1.62 bits per heavy atom. The molecule has 1 aromatic carbocycles. The summed E-state index contributed by atoms with van der Waals surface area (Å²) in [5.41, 5.74) is 4.05. The standard InChI is InChI=1S/C22H32ClN/c1-19(2,3)24-18-7-6-16(8-17(18)23)22-11-15-9-20(4,13-22)12-21(5,10-15)14-22/h6-8,15,24H,9-14H2,1-5H3. The summed E-state index contributed by atoms with van der Waals surface area (Å²) in [6.45, 7) is 11.6. The van der Waals surface area contributed by atoms with Crippen LogP contribution in [0.15, 0.2) is 18.2 Å². The van der Waals surface area contributed by atoms with E-state index in [0.29, 0.717) is 16.2 Å². The van der Waals surface area contributed by atoms with Crippen LogP contribution < -0.4 is 5.32 Å². The first-order chi connectivity index (χ1) is 11.0. The lowest BCUT2D eigenvalue weighted by atomic mass is 9.39. The van der Waals surface area contributed by atoms with Gasteiger partial charge in [0.2, 0.25) is 0 Å². The zero-order valence-electron chi connectivity index (χ0n) is 15.9. The molecule has 0 heterocycles. The number of hydrogen-bond acceptors (Lipinski definition) is 1. The third-order valence-corrected chi connectivity index (χ3v) is 7.03. The minimum atomic E-state index is 0.0345. The van der Waals surface area contributed by atoms with Crippen molar-refractivity contribution in [2.75, 3.05) is 5.32 Å². The normalized spacial score (nSPS) is 40.8. The Bertz CT molecular complexity index is 653. The minimum absolute atomic E-state index is 0.0345. The second-order valence-corrected chi connectivity index (χ2v) is 11.4. The molecule has 1 nitrogen and oxygen atoms in total. The molecule has 0 saturated heterocycles. The van der Waals surface area contributed by atoms with Gasteiger partial charge in [-0.05, 0) is 99.2 Å². The molecule has 132 valence electrons. The molecule has 1 aromatic rings. The average molecular weight is 346 g/mol. The van der Waals surface area contributed by atoms with Gasteiger partial charge in [0.05, 0.1) is 10.7 Å². The van der Waals surface area contributed by atoms with Crippen LogP contribution in [-0.2, 0) is 5.41 Å². The quantitative estimate of drug-likeness (QED) is 0.621. The maximum absolute atomic E-state index is 6.68. The first-order valence-electron chi connectivity index (χ1n) is 9.58. The highest BCUT2D eigenvalue weighted by molar-refractivity contribution is 6.33. The van der Waals surface area contributed by atoms with Crippen LogP contribution in [0.2, 0.25) is 5.02 Å². The molecular weight excluding hydrogens is 314 g/mol. The van der Waals surface area contributed by atoms with E-state index < -0.39 is 0 Å². The molecule has 0 amide bonds. The van der Waals surface area contributed by atoms with Gasteiger partial charge in [-0.2, -0.15) is 0 Å². The summed E-state index contributed by atoms with van der Waals surface area (Å²) < 4.78 is 0. The third-order valence-electron chi connectivity index (χ3n) is 6.72. The van der Waals surface area contributed by atoms with Gasteiger partial charge in [0.15, 0.2) is 0 Å². The third kappa shape index (κ3) is 2.77. The number of rotatable bonds is 2. The van der Waals surface area contributed by atoms with Gasteiger partial charge < -0.3 is 5.32 Å². The zero-order chi connectivity index (χ0) is 17.4. The van der Waals surface area contributed by atoms with Gasteiger partial charge in [-0.15, -0.1) is 0 Å². The molecule has 24 heavy (non-hydrogen) atoms. The Kier molecular flexibility index (Phi) is 3.45. The minimum Gasteiger partial charge on any atom is -0.379 e. The van der Waals surface area contributed by atoms with Crippen molar-refractivity contribution in [2.45, 2.75) is 84.1 Å². The van der Waals surface area contributed by atoms with Crippen LogP contribution in [0.3, 0.4) is 0 Å². The Hall–Kier alpha value is -0.690. The van der Waals surface area contributed by atoms with Crippen molar-refractivity contribution in [3.8, 4) is 0 Å². The summed E-state index contributed by atoms with van der Waals surface area (Å²) in [5, 5.41) is 4.42. The lowest BCUT2D eigenvalue weighted by Gasteiger charge is -2.65. The van der Waals surface area contributed by atoms with E-state index in [-0.39, 0.29) is 5.54 Å². The summed E-state index contributed by atoms with van der Waals surface area (Å²) in [6.07, 6.45) is 8.41. The van der Waals surface area contributed by atoms with Crippen molar-refractivity contribution >= 4 is 17.3 Å². The summed E-state index contributed by atoms with van der Waals surface area (Å²) in [7, 11) is 0. The van der Waals surface area contributed by atoms with E-state index in [9.17, 15) is 0 Å². The predicted molar refractivity (Wildman–Crippen MR) is 104 cm³/mol. The molecule has 4 saturated carbocycles. The number of hydrogen-bond donors (Lipinski definition) is 1. The Morgan fingerprint density at radius 1 is 1.00 bits per heavy atom. The van der Waals surface area contributed by atoms with E-state index in [1.807, 2.05) is 0 Å². The molecule has 4 fully saturated rings. The largest absolute Gasteiger partial charge is 0.379 e. The van der Waals surface area contributed by atoms with Crippen LogP contribution in [0.25, 0.3) is 0 Å². The van der Waals surface area contributed by atoms with Gasteiger partial charge in [0.1, 0.15) is 0 Å². The zero-order valence-corrected chi connectivity index (χ0v) is 16.7. The van der Waals surface area contributed by atoms with Gasteiger partial charge in [-0.1, -0.05) is 31.5 Å². The molecule has 1 N–H and O–H groups in total. The van der Waals surface area contributed by atoms with E-state index in [2.05, 4.69) is 58.1 Å². The summed E-state index contributed by atoms with van der Waals surface area (Å²) in [5.74, 6) is 0.919. The smallest absolute Gasteiger partial charge is 0.0640 e. The topological polar surface area (TPSA) is 12.0 Å². The average Bonchev–Trinajstić information content (AvgIpc) is 2.35.